The van der Waals surface area contributed by atoms with Gasteiger partial charge in [0, 0.05) is 19.3 Å². The van der Waals surface area contributed by atoms with E-state index < -0.39 is 40.9 Å². The molecule has 0 radical (unpaired) electrons. The molecule has 0 atom stereocenters. The maximum atomic E-state index is 13.1. The Labute approximate surface area is 198 Å². The smallest absolute Gasteiger partial charge is 0.339 e. The molecule has 8 nitrogen and oxygen atoms in total. The first kappa shape index (κ1) is 26.6. The molecule has 0 bridgehead atoms. The zero-order valence-corrected chi connectivity index (χ0v) is 19.7. The van der Waals surface area contributed by atoms with Crippen molar-refractivity contribution in [3.8, 4) is 17.2 Å². The number of carbonyl (C=O) groups is 4. The van der Waals surface area contributed by atoms with E-state index in [1.54, 1.807) is 45.0 Å². The fraction of sp³-hybridized carbons (Fsp3) is 0.385. The van der Waals surface area contributed by atoms with Gasteiger partial charge in [-0.2, -0.15) is 0 Å². The van der Waals surface area contributed by atoms with Gasteiger partial charge in [0.1, 0.15) is 6.61 Å². The normalized spacial score (nSPS) is 10.4. The maximum absolute atomic E-state index is 13.1. The van der Waals surface area contributed by atoms with Crippen LogP contribution in [0.2, 0.25) is 0 Å². The number of ether oxygens (including phenoxy) is 3. The summed E-state index contributed by atoms with van der Waals surface area (Å²) in [5.41, 5.74) is 0.184. The van der Waals surface area contributed by atoms with E-state index in [0.717, 1.165) is 11.6 Å². The first-order chi connectivity index (χ1) is 16.3. The predicted molar refractivity (Wildman–Crippen MR) is 124 cm³/mol. The third-order valence-corrected chi connectivity index (χ3v) is 4.74. The topological polar surface area (TPSA) is 116 Å². The lowest BCUT2D eigenvalue weighted by atomic mass is 9.98. The number of hydrogen-bond acceptors (Lipinski definition) is 8. The van der Waals surface area contributed by atoms with E-state index in [0.29, 0.717) is 19.3 Å². The molecule has 0 aliphatic heterocycles. The Morgan fingerprint density at radius 1 is 0.794 bits per heavy atom. The Kier molecular flexibility index (Phi) is 10.3. The van der Waals surface area contributed by atoms with Crippen LogP contribution in [0.25, 0.3) is 0 Å². The van der Waals surface area contributed by atoms with Crippen molar-refractivity contribution in [1.29, 1.82) is 0 Å². The highest BCUT2D eigenvalue weighted by Gasteiger charge is 2.31. The van der Waals surface area contributed by atoms with Gasteiger partial charge in [0.15, 0.2) is 17.3 Å². The molecule has 0 aliphatic carbocycles. The third kappa shape index (κ3) is 7.16. The molecule has 2 aromatic rings. The molecule has 0 aliphatic rings. The molecular weight excluding hydrogens is 440 g/mol. The zero-order valence-electron chi connectivity index (χ0n) is 19.7. The molecule has 34 heavy (non-hydrogen) atoms. The van der Waals surface area contributed by atoms with Gasteiger partial charge in [0.05, 0.1) is 11.1 Å². The van der Waals surface area contributed by atoms with Crippen LogP contribution < -0.4 is 9.47 Å². The third-order valence-electron chi connectivity index (χ3n) is 4.74. The number of rotatable bonds is 12. The van der Waals surface area contributed by atoms with Crippen molar-refractivity contribution in [3.05, 3.63) is 53.1 Å². The number of carbonyl (C=O) groups excluding carboxylic acids is 4. The maximum Gasteiger partial charge on any atom is 0.339 e. The van der Waals surface area contributed by atoms with Crippen molar-refractivity contribution in [2.75, 3.05) is 0 Å². The average Bonchev–Trinajstić information content (AvgIpc) is 2.80. The van der Waals surface area contributed by atoms with Crippen LogP contribution in [0, 0.1) is 0 Å². The lowest BCUT2D eigenvalue weighted by Gasteiger charge is -2.18. The van der Waals surface area contributed by atoms with E-state index >= 15 is 0 Å². The molecule has 8 heteroatoms. The zero-order chi connectivity index (χ0) is 25.1. The number of phenols is 1. The summed E-state index contributed by atoms with van der Waals surface area (Å²) in [5, 5.41) is 10.6. The fourth-order valence-corrected chi connectivity index (χ4v) is 3.15. The number of esters is 3. The average molecular weight is 471 g/mol. The van der Waals surface area contributed by atoms with Crippen LogP contribution in [0.5, 0.6) is 17.2 Å². The number of ketones is 1. The molecule has 0 spiro atoms. The minimum atomic E-state index is -0.891. The Bertz CT molecular complexity index is 1030. The summed E-state index contributed by atoms with van der Waals surface area (Å²) in [7, 11) is 0. The van der Waals surface area contributed by atoms with Gasteiger partial charge in [0.25, 0.3) is 0 Å². The van der Waals surface area contributed by atoms with Crippen LogP contribution in [0.15, 0.2) is 36.4 Å². The summed E-state index contributed by atoms with van der Waals surface area (Å²) in [5.74, 6) is -4.33. The number of Topliss-reactive ketones (excluding diaryl/α,β-unsaturated/α-hetero) is 1. The summed E-state index contributed by atoms with van der Waals surface area (Å²) in [6.45, 7) is 5.24. The molecule has 0 fully saturated rings. The minimum absolute atomic E-state index is 0.0210. The summed E-state index contributed by atoms with van der Waals surface area (Å²) in [6.07, 6.45) is 1.49. The Balaban J connectivity index is 2.59. The van der Waals surface area contributed by atoms with E-state index in [1.807, 2.05) is 6.07 Å². The predicted octanol–water partition coefficient (Wildman–Crippen LogP) is 5.14. The van der Waals surface area contributed by atoms with Crippen LogP contribution in [0.1, 0.15) is 85.6 Å². The van der Waals surface area contributed by atoms with Gasteiger partial charge in [-0.3, -0.25) is 14.4 Å². The number of hydrogen-bond donors (Lipinski definition) is 1. The summed E-state index contributed by atoms with van der Waals surface area (Å²) in [6, 6.07) is 9.93. The molecule has 0 aromatic heterocycles. The van der Waals surface area contributed by atoms with Crippen molar-refractivity contribution in [3.63, 3.8) is 0 Å². The van der Waals surface area contributed by atoms with Gasteiger partial charge in [-0.05, 0) is 30.9 Å². The van der Waals surface area contributed by atoms with Gasteiger partial charge in [-0.25, -0.2) is 4.79 Å². The van der Waals surface area contributed by atoms with Gasteiger partial charge in [0.2, 0.25) is 5.75 Å². The van der Waals surface area contributed by atoms with Gasteiger partial charge in [-0.15, -0.1) is 0 Å². The van der Waals surface area contributed by atoms with E-state index in [1.165, 1.54) is 0 Å². The van der Waals surface area contributed by atoms with Crippen LogP contribution in [0.4, 0.5) is 0 Å². The molecule has 1 N–H and O–H groups in total. The summed E-state index contributed by atoms with van der Waals surface area (Å²) >= 11 is 0. The van der Waals surface area contributed by atoms with E-state index in [-0.39, 0.29) is 37.0 Å². The van der Waals surface area contributed by atoms with Crippen molar-refractivity contribution in [2.45, 2.75) is 65.9 Å². The molecule has 2 rings (SSSR count). The summed E-state index contributed by atoms with van der Waals surface area (Å²) < 4.78 is 16.0. The van der Waals surface area contributed by atoms with Crippen molar-refractivity contribution in [1.82, 2.24) is 0 Å². The first-order valence-corrected chi connectivity index (χ1v) is 11.4. The largest absolute Gasteiger partial charge is 0.504 e. The number of aromatic hydroxyl groups is 1. The van der Waals surface area contributed by atoms with Crippen LogP contribution in [-0.2, 0) is 20.9 Å². The van der Waals surface area contributed by atoms with E-state index in [9.17, 15) is 24.3 Å². The second-order valence-electron chi connectivity index (χ2n) is 7.66. The molecular formula is C26H30O8. The quantitative estimate of drug-likeness (QED) is 0.257. The van der Waals surface area contributed by atoms with E-state index in [2.05, 4.69) is 0 Å². The number of benzene rings is 2. The molecule has 0 saturated heterocycles. The monoisotopic (exact) mass is 470 g/mol. The standard InChI is InChI=1S/C26H30O8/c1-4-10-19(27)23-18(26(31)32-16-17-13-8-7-9-14-17)15-20(28)24(33-21(29)11-5-2)25(23)34-22(30)12-6-3/h7-9,13-15,28H,4-6,10-12,16H2,1-3H3. The minimum Gasteiger partial charge on any atom is -0.504 e. The van der Waals surface area contributed by atoms with Gasteiger partial charge in [-0.1, -0.05) is 51.1 Å². The van der Waals surface area contributed by atoms with Crippen LogP contribution in [-0.4, -0.2) is 28.8 Å². The SMILES string of the molecule is CCCC(=O)Oc1c(O)cc(C(=O)OCc2ccccc2)c(C(=O)CCC)c1OC(=O)CCC. The lowest BCUT2D eigenvalue weighted by Crippen LogP contribution is -2.18. The molecule has 0 unspecified atom stereocenters. The van der Waals surface area contributed by atoms with Crippen molar-refractivity contribution < 1.29 is 38.5 Å². The number of phenolic OH excluding ortho intramolecular Hbond substituents is 1. The highest BCUT2D eigenvalue weighted by Crippen LogP contribution is 2.43. The molecule has 0 amide bonds. The Morgan fingerprint density at radius 3 is 1.91 bits per heavy atom. The van der Waals surface area contributed by atoms with Gasteiger partial charge < -0.3 is 19.3 Å². The van der Waals surface area contributed by atoms with Crippen LogP contribution >= 0.6 is 0 Å². The van der Waals surface area contributed by atoms with Crippen LogP contribution in [0.3, 0.4) is 0 Å². The van der Waals surface area contributed by atoms with E-state index in [4.69, 9.17) is 14.2 Å². The van der Waals surface area contributed by atoms with Crippen molar-refractivity contribution in [2.24, 2.45) is 0 Å². The molecule has 0 saturated carbocycles. The molecule has 2 aromatic carbocycles. The Hall–Kier alpha value is -3.68. The highest BCUT2D eigenvalue weighted by molar-refractivity contribution is 6.10. The fourth-order valence-electron chi connectivity index (χ4n) is 3.15. The molecule has 0 heterocycles. The molecule has 182 valence electrons. The van der Waals surface area contributed by atoms with Gasteiger partial charge >= 0.3 is 17.9 Å². The summed E-state index contributed by atoms with van der Waals surface area (Å²) in [4.78, 5) is 50.5. The second kappa shape index (κ2) is 13.1. The van der Waals surface area contributed by atoms with Crippen molar-refractivity contribution >= 4 is 23.7 Å². The lowest BCUT2D eigenvalue weighted by molar-refractivity contribution is -0.137. The highest BCUT2D eigenvalue weighted by atomic mass is 16.6. The Morgan fingerprint density at radius 2 is 1.35 bits per heavy atom. The first-order valence-electron chi connectivity index (χ1n) is 11.4. The second-order valence-corrected chi connectivity index (χ2v) is 7.66.